The highest BCUT2D eigenvalue weighted by atomic mass is 19.1. The van der Waals surface area contributed by atoms with Crippen LogP contribution in [-0.2, 0) is 6.42 Å². The molecule has 0 amide bonds. The van der Waals surface area contributed by atoms with Gasteiger partial charge in [-0.1, -0.05) is 12.1 Å². The van der Waals surface area contributed by atoms with Crippen LogP contribution >= 0.6 is 0 Å². The van der Waals surface area contributed by atoms with Gasteiger partial charge in [0.2, 0.25) is 0 Å². The first-order valence-electron chi connectivity index (χ1n) is 6.15. The fourth-order valence-corrected chi connectivity index (χ4v) is 2.26. The van der Waals surface area contributed by atoms with Gasteiger partial charge in [-0.05, 0) is 56.7 Å². The third-order valence-electron chi connectivity index (χ3n) is 3.31. The highest BCUT2D eigenvalue weighted by molar-refractivity contribution is 5.17. The normalized spacial score (nSPS) is 19.4. The zero-order valence-electron chi connectivity index (χ0n) is 10.0. The van der Waals surface area contributed by atoms with Crippen LogP contribution in [0.25, 0.3) is 0 Å². The van der Waals surface area contributed by atoms with Crippen LogP contribution in [0.3, 0.4) is 0 Å². The molecule has 2 rings (SSSR count). The van der Waals surface area contributed by atoms with Crippen molar-refractivity contribution >= 4 is 0 Å². The van der Waals surface area contributed by atoms with Crippen LogP contribution in [-0.4, -0.2) is 12.1 Å². The molecule has 0 bridgehead atoms. The Morgan fingerprint density at radius 2 is 2.12 bits per heavy atom. The molecule has 1 aliphatic rings. The fourth-order valence-electron chi connectivity index (χ4n) is 2.26. The average Bonchev–Trinajstić information content (AvgIpc) is 2.99. The summed E-state index contributed by atoms with van der Waals surface area (Å²) in [5, 5.41) is 3.59. The van der Waals surface area contributed by atoms with Crippen molar-refractivity contribution in [1.82, 2.24) is 5.32 Å². The second-order valence-corrected chi connectivity index (χ2v) is 5.03. The Morgan fingerprint density at radius 1 is 1.38 bits per heavy atom. The molecule has 88 valence electrons. The van der Waals surface area contributed by atoms with Crippen LogP contribution in [0.15, 0.2) is 24.3 Å². The lowest BCUT2D eigenvalue weighted by Gasteiger charge is -2.19. The van der Waals surface area contributed by atoms with Crippen LogP contribution in [0.2, 0.25) is 0 Å². The van der Waals surface area contributed by atoms with Gasteiger partial charge in [-0.15, -0.1) is 0 Å². The molecule has 2 heteroatoms. The Balaban J connectivity index is 1.83. The van der Waals surface area contributed by atoms with Crippen molar-refractivity contribution in [2.45, 2.75) is 45.2 Å². The van der Waals surface area contributed by atoms with E-state index in [0.717, 1.165) is 17.9 Å². The van der Waals surface area contributed by atoms with Crippen molar-refractivity contribution in [2.24, 2.45) is 5.92 Å². The van der Waals surface area contributed by atoms with E-state index in [4.69, 9.17) is 0 Å². The van der Waals surface area contributed by atoms with Crippen molar-refractivity contribution in [3.05, 3.63) is 35.6 Å². The fraction of sp³-hybridized carbons (Fsp3) is 0.571. The Kier molecular flexibility index (Phi) is 3.59. The summed E-state index contributed by atoms with van der Waals surface area (Å²) >= 11 is 0. The predicted molar refractivity (Wildman–Crippen MR) is 64.9 cm³/mol. The summed E-state index contributed by atoms with van der Waals surface area (Å²) in [6, 6.07) is 7.90. The number of benzene rings is 1. The number of nitrogens with one attached hydrogen (secondary N) is 1. The van der Waals surface area contributed by atoms with E-state index in [9.17, 15) is 4.39 Å². The number of halogens is 1. The van der Waals surface area contributed by atoms with Crippen molar-refractivity contribution < 1.29 is 4.39 Å². The zero-order valence-corrected chi connectivity index (χ0v) is 10.0. The van der Waals surface area contributed by atoms with Crippen molar-refractivity contribution in [3.63, 3.8) is 0 Å². The Labute approximate surface area is 97.1 Å². The third-order valence-corrected chi connectivity index (χ3v) is 3.31. The van der Waals surface area contributed by atoms with Gasteiger partial charge in [0.25, 0.3) is 0 Å². The molecular formula is C14H20FN. The molecule has 0 aromatic heterocycles. The van der Waals surface area contributed by atoms with E-state index in [2.05, 4.69) is 19.2 Å². The first kappa shape index (κ1) is 11.6. The molecular weight excluding hydrogens is 201 g/mol. The minimum atomic E-state index is -0.139. The molecule has 1 N–H and O–H groups in total. The summed E-state index contributed by atoms with van der Waals surface area (Å²) in [5.74, 6) is 0.731. The summed E-state index contributed by atoms with van der Waals surface area (Å²) < 4.78 is 13.0. The molecule has 16 heavy (non-hydrogen) atoms. The summed E-state index contributed by atoms with van der Waals surface area (Å²) in [7, 11) is 0. The van der Waals surface area contributed by atoms with Gasteiger partial charge < -0.3 is 5.32 Å². The molecule has 2 unspecified atom stereocenters. The lowest BCUT2D eigenvalue weighted by atomic mass is 10.1. The highest BCUT2D eigenvalue weighted by Gasteiger charge is 2.28. The standard InChI is InChI=1S/C14H20FN/c1-10(16-11(2)13-6-7-13)8-12-4-3-5-14(15)9-12/h3-5,9-11,13,16H,6-8H2,1-2H3. The summed E-state index contributed by atoms with van der Waals surface area (Å²) in [5.41, 5.74) is 1.07. The van der Waals surface area contributed by atoms with Crippen LogP contribution < -0.4 is 5.32 Å². The van der Waals surface area contributed by atoms with E-state index in [1.54, 1.807) is 12.1 Å². The van der Waals surface area contributed by atoms with Gasteiger partial charge in [-0.25, -0.2) is 4.39 Å². The number of hydrogen-bond acceptors (Lipinski definition) is 1. The van der Waals surface area contributed by atoms with Gasteiger partial charge in [0.15, 0.2) is 0 Å². The van der Waals surface area contributed by atoms with Gasteiger partial charge in [0.05, 0.1) is 0 Å². The van der Waals surface area contributed by atoms with Gasteiger partial charge >= 0.3 is 0 Å². The average molecular weight is 221 g/mol. The summed E-state index contributed by atoms with van der Waals surface area (Å²) in [6.07, 6.45) is 3.62. The lowest BCUT2D eigenvalue weighted by molar-refractivity contribution is 0.430. The van der Waals surface area contributed by atoms with E-state index in [1.165, 1.54) is 18.9 Å². The maximum absolute atomic E-state index is 13.0. The molecule has 1 saturated carbocycles. The second kappa shape index (κ2) is 4.96. The van der Waals surface area contributed by atoms with Gasteiger partial charge in [0, 0.05) is 12.1 Å². The molecule has 0 heterocycles. The molecule has 1 nitrogen and oxygen atoms in total. The van der Waals surface area contributed by atoms with Crippen LogP contribution in [0.4, 0.5) is 4.39 Å². The second-order valence-electron chi connectivity index (χ2n) is 5.03. The topological polar surface area (TPSA) is 12.0 Å². The molecule has 0 radical (unpaired) electrons. The molecule has 0 spiro atoms. The minimum absolute atomic E-state index is 0.139. The van der Waals surface area contributed by atoms with Crippen molar-refractivity contribution in [2.75, 3.05) is 0 Å². The molecule has 0 saturated heterocycles. The SMILES string of the molecule is CC(Cc1cccc(F)c1)NC(C)C1CC1. The Bertz CT molecular complexity index is 346. The van der Waals surface area contributed by atoms with Crippen molar-refractivity contribution in [3.8, 4) is 0 Å². The largest absolute Gasteiger partial charge is 0.311 e. The Morgan fingerprint density at radius 3 is 2.75 bits per heavy atom. The molecule has 1 aromatic carbocycles. The lowest BCUT2D eigenvalue weighted by Crippen LogP contribution is -2.37. The van der Waals surface area contributed by atoms with E-state index in [1.807, 2.05) is 6.07 Å². The van der Waals surface area contributed by atoms with E-state index in [0.29, 0.717) is 12.1 Å². The molecule has 1 aromatic rings. The quantitative estimate of drug-likeness (QED) is 0.805. The summed E-state index contributed by atoms with van der Waals surface area (Å²) in [6.45, 7) is 4.42. The van der Waals surface area contributed by atoms with Crippen LogP contribution in [0, 0.1) is 11.7 Å². The van der Waals surface area contributed by atoms with E-state index < -0.39 is 0 Å². The first-order chi connectivity index (χ1) is 7.65. The van der Waals surface area contributed by atoms with E-state index in [-0.39, 0.29) is 5.82 Å². The maximum Gasteiger partial charge on any atom is 0.123 e. The predicted octanol–water partition coefficient (Wildman–Crippen LogP) is 3.14. The highest BCUT2D eigenvalue weighted by Crippen LogP contribution is 2.32. The van der Waals surface area contributed by atoms with Gasteiger partial charge in [-0.3, -0.25) is 0 Å². The molecule has 1 fully saturated rings. The third kappa shape index (κ3) is 3.31. The van der Waals surface area contributed by atoms with Gasteiger partial charge in [0.1, 0.15) is 5.82 Å². The van der Waals surface area contributed by atoms with Crippen molar-refractivity contribution in [1.29, 1.82) is 0 Å². The Hall–Kier alpha value is -0.890. The monoisotopic (exact) mass is 221 g/mol. The summed E-state index contributed by atoms with van der Waals surface area (Å²) in [4.78, 5) is 0. The van der Waals surface area contributed by atoms with Crippen LogP contribution in [0.1, 0.15) is 32.3 Å². The minimum Gasteiger partial charge on any atom is -0.311 e. The zero-order chi connectivity index (χ0) is 11.5. The maximum atomic E-state index is 13.0. The molecule has 0 aliphatic heterocycles. The number of rotatable bonds is 5. The smallest absolute Gasteiger partial charge is 0.123 e. The van der Waals surface area contributed by atoms with E-state index >= 15 is 0 Å². The van der Waals surface area contributed by atoms with Crippen LogP contribution in [0.5, 0.6) is 0 Å². The van der Waals surface area contributed by atoms with Gasteiger partial charge in [-0.2, -0.15) is 0 Å². The first-order valence-corrected chi connectivity index (χ1v) is 6.15. The molecule has 1 aliphatic carbocycles. The number of hydrogen-bond donors (Lipinski definition) is 1. The molecule has 2 atom stereocenters.